The molecule has 0 atom stereocenters. The van der Waals surface area contributed by atoms with Gasteiger partial charge in [-0.1, -0.05) is 32.3 Å². The van der Waals surface area contributed by atoms with Crippen LogP contribution in [0.15, 0.2) is 12.7 Å². The zero-order chi connectivity index (χ0) is 8.36. The van der Waals surface area contributed by atoms with E-state index in [-0.39, 0.29) is 0 Å². The molecule has 0 radical (unpaired) electrons. The molecule has 1 N–H and O–H groups in total. The van der Waals surface area contributed by atoms with Crippen LogP contribution in [0.25, 0.3) is 0 Å². The minimum absolute atomic E-state index is 1.09. The van der Waals surface area contributed by atoms with Crippen LogP contribution in [0.5, 0.6) is 0 Å². The second kappa shape index (κ2) is 9.70. The number of rotatable bonds is 8. The van der Waals surface area contributed by atoms with Gasteiger partial charge in [0.05, 0.1) is 0 Å². The molecule has 0 aromatic rings. The topological polar surface area (TPSA) is 12.0 Å². The van der Waals surface area contributed by atoms with Gasteiger partial charge in [0.1, 0.15) is 0 Å². The van der Waals surface area contributed by atoms with E-state index in [1.807, 2.05) is 6.08 Å². The highest BCUT2D eigenvalue weighted by Crippen LogP contribution is 1.96. The first-order valence-corrected chi connectivity index (χ1v) is 4.73. The molecule has 0 spiro atoms. The molecule has 0 amide bonds. The van der Waals surface area contributed by atoms with Crippen LogP contribution in [-0.2, 0) is 0 Å². The molecule has 0 saturated carbocycles. The highest BCUT2D eigenvalue weighted by atomic mass is 14.8. The lowest BCUT2D eigenvalue weighted by Gasteiger charge is -2.01. The van der Waals surface area contributed by atoms with Crippen molar-refractivity contribution >= 4 is 0 Å². The molecular weight excluding hydrogens is 134 g/mol. The first-order chi connectivity index (χ1) is 5.41. The Balaban J connectivity index is 2.74. The van der Waals surface area contributed by atoms with E-state index in [9.17, 15) is 0 Å². The monoisotopic (exact) mass is 155 g/mol. The van der Waals surface area contributed by atoms with Gasteiger partial charge in [-0.15, -0.1) is 6.58 Å². The zero-order valence-electron chi connectivity index (χ0n) is 7.73. The molecule has 0 unspecified atom stereocenters. The van der Waals surface area contributed by atoms with E-state index in [4.69, 9.17) is 0 Å². The minimum Gasteiger partial charge on any atom is -0.316 e. The Hall–Kier alpha value is -0.300. The van der Waals surface area contributed by atoms with Gasteiger partial charge in [0, 0.05) is 0 Å². The number of hydrogen-bond donors (Lipinski definition) is 1. The van der Waals surface area contributed by atoms with Crippen LogP contribution in [0.3, 0.4) is 0 Å². The first-order valence-electron chi connectivity index (χ1n) is 4.73. The van der Waals surface area contributed by atoms with Crippen molar-refractivity contribution in [3.8, 4) is 0 Å². The van der Waals surface area contributed by atoms with Crippen LogP contribution in [0, 0.1) is 0 Å². The molecule has 11 heavy (non-hydrogen) atoms. The van der Waals surface area contributed by atoms with Crippen LogP contribution in [-0.4, -0.2) is 13.1 Å². The van der Waals surface area contributed by atoms with Crippen LogP contribution in [0.4, 0.5) is 0 Å². The van der Waals surface area contributed by atoms with E-state index < -0.39 is 0 Å². The Bertz CT molecular complexity index is 78.9. The van der Waals surface area contributed by atoms with Crippen LogP contribution in [0.1, 0.15) is 39.0 Å². The second-order valence-corrected chi connectivity index (χ2v) is 2.89. The van der Waals surface area contributed by atoms with E-state index in [0.29, 0.717) is 0 Å². The standard InChI is InChI=1S/C10H21N/c1-3-5-7-8-10-11-9-6-4-2/h4,11H,2-3,5-10H2,1H3. The molecule has 0 saturated heterocycles. The average molecular weight is 155 g/mol. The van der Waals surface area contributed by atoms with Gasteiger partial charge in [-0.25, -0.2) is 0 Å². The van der Waals surface area contributed by atoms with Crippen molar-refractivity contribution in [3.05, 3.63) is 12.7 Å². The van der Waals surface area contributed by atoms with E-state index in [0.717, 1.165) is 13.0 Å². The molecule has 0 aliphatic rings. The molecule has 0 aromatic carbocycles. The summed E-state index contributed by atoms with van der Waals surface area (Å²) in [6, 6.07) is 0. The Morgan fingerprint density at radius 2 is 2.00 bits per heavy atom. The van der Waals surface area contributed by atoms with Gasteiger partial charge in [0.15, 0.2) is 0 Å². The number of nitrogens with one attached hydrogen (secondary N) is 1. The third kappa shape index (κ3) is 9.70. The van der Waals surface area contributed by atoms with Gasteiger partial charge in [0.25, 0.3) is 0 Å². The van der Waals surface area contributed by atoms with Crippen molar-refractivity contribution in [2.75, 3.05) is 13.1 Å². The highest BCUT2D eigenvalue weighted by molar-refractivity contribution is 4.67. The minimum atomic E-state index is 1.09. The summed E-state index contributed by atoms with van der Waals surface area (Å²) < 4.78 is 0. The van der Waals surface area contributed by atoms with Crippen molar-refractivity contribution in [2.45, 2.75) is 39.0 Å². The van der Waals surface area contributed by atoms with E-state index >= 15 is 0 Å². The second-order valence-electron chi connectivity index (χ2n) is 2.89. The summed E-state index contributed by atoms with van der Waals surface area (Å²) in [6.07, 6.45) is 8.45. The summed E-state index contributed by atoms with van der Waals surface area (Å²) in [6.45, 7) is 8.18. The van der Waals surface area contributed by atoms with Crippen molar-refractivity contribution in [1.82, 2.24) is 5.32 Å². The fraction of sp³-hybridized carbons (Fsp3) is 0.800. The molecule has 0 fully saturated rings. The summed E-state index contributed by atoms with van der Waals surface area (Å²) in [5, 5.41) is 3.37. The molecule has 1 nitrogen and oxygen atoms in total. The molecule has 0 heterocycles. The third-order valence-electron chi connectivity index (χ3n) is 1.73. The largest absolute Gasteiger partial charge is 0.316 e. The summed E-state index contributed by atoms with van der Waals surface area (Å²) in [4.78, 5) is 0. The van der Waals surface area contributed by atoms with E-state index in [2.05, 4.69) is 18.8 Å². The smallest absolute Gasteiger partial charge is 0.00144 e. The maximum absolute atomic E-state index is 3.67. The average Bonchev–Trinajstić information content (AvgIpc) is 2.03. The fourth-order valence-electron chi connectivity index (χ4n) is 1.01. The summed E-state index contributed by atoms with van der Waals surface area (Å²) >= 11 is 0. The third-order valence-corrected chi connectivity index (χ3v) is 1.73. The molecule has 0 aromatic heterocycles. The van der Waals surface area contributed by atoms with Crippen molar-refractivity contribution in [3.63, 3.8) is 0 Å². The number of hydrogen-bond acceptors (Lipinski definition) is 1. The van der Waals surface area contributed by atoms with Gasteiger partial charge < -0.3 is 5.32 Å². The van der Waals surface area contributed by atoms with Crippen LogP contribution < -0.4 is 5.32 Å². The van der Waals surface area contributed by atoms with Gasteiger partial charge in [-0.05, 0) is 25.9 Å². The maximum Gasteiger partial charge on any atom is -0.00144 e. The number of unbranched alkanes of at least 4 members (excludes halogenated alkanes) is 3. The molecule has 0 rings (SSSR count). The predicted molar refractivity (Wildman–Crippen MR) is 51.8 cm³/mol. The Kier molecular flexibility index (Phi) is 9.44. The molecule has 0 aliphatic heterocycles. The SMILES string of the molecule is C=CCCNCCCCCC. The molecule has 66 valence electrons. The highest BCUT2D eigenvalue weighted by Gasteiger charge is 1.86. The Morgan fingerprint density at radius 1 is 1.18 bits per heavy atom. The lowest BCUT2D eigenvalue weighted by molar-refractivity contribution is 0.601. The summed E-state index contributed by atoms with van der Waals surface area (Å²) in [5.41, 5.74) is 0. The zero-order valence-corrected chi connectivity index (χ0v) is 7.73. The lowest BCUT2D eigenvalue weighted by atomic mass is 10.2. The van der Waals surface area contributed by atoms with E-state index in [1.165, 1.54) is 32.2 Å². The van der Waals surface area contributed by atoms with Gasteiger partial charge >= 0.3 is 0 Å². The van der Waals surface area contributed by atoms with Gasteiger partial charge in [0.2, 0.25) is 0 Å². The Morgan fingerprint density at radius 3 is 2.64 bits per heavy atom. The Labute approximate surface area is 70.9 Å². The van der Waals surface area contributed by atoms with Crippen LogP contribution >= 0.6 is 0 Å². The van der Waals surface area contributed by atoms with Gasteiger partial charge in [-0.2, -0.15) is 0 Å². The molecule has 1 heteroatoms. The predicted octanol–water partition coefficient (Wildman–Crippen LogP) is 2.73. The van der Waals surface area contributed by atoms with Crippen molar-refractivity contribution in [2.24, 2.45) is 0 Å². The molecular formula is C10H21N. The molecule has 0 bridgehead atoms. The summed E-state index contributed by atoms with van der Waals surface area (Å²) in [7, 11) is 0. The van der Waals surface area contributed by atoms with Crippen molar-refractivity contribution in [1.29, 1.82) is 0 Å². The fourth-order valence-corrected chi connectivity index (χ4v) is 1.01. The first kappa shape index (κ1) is 10.7. The van der Waals surface area contributed by atoms with E-state index in [1.54, 1.807) is 0 Å². The normalized spacial score (nSPS) is 9.91. The van der Waals surface area contributed by atoms with Crippen molar-refractivity contribution < 1.29 is 0 Å². The summed E-state index contributed by atoms with van der Waals surface area (Å²) in [5.74, 6) is 0. The lowest BCUT2D eigenvalue weighted by Crippen LogP contribution is -2.15. The van der Waals surface area contributed by atoms with Crippen LogP contribution in [0.2, 0.25) is 0 Å². The quantitative estimate of drug-likeness (QED) is 0.420. The molecule has 0 aliphatic carbocycles. The van der Waals surface area contributed by atoms with Gasteiger partial charge in [-0.3, -0.25) is 0 Å². The maximum atomic E-state index is 3.67.